The number of nitrogens with one attached hydrogen (secondary N) is 1. The molecule has 1 aliphatic heterocycles. The molecule has 3 nitrogen and oxygen atoms in total. The number of carbonyl (C=O) groups is 1. The smallest absolute Gasteiger partial charge is 0.144 e. The van der Waals surface area contributed by atoms with Crippen molar-refractivity contribution in [1.82, 2.24) is 5.32 Å². The van der Waals surface area contributed by atoms with E-state index in [1.165, 1.54) is 0 Å². The molecule has 2 atom stereocenters. The second kappa shape index (κ2) is 6.71. The number of halogens is 2. The maximum Gasteiger partial charge on any atom is 0.144 e. The molecule has 1 N–H and O–H groups in total. The molecule has 0 aromatic heterocycles. The normalized spacial score (nSPS) is 22.7. The second-order valence-electron chi connectivity index (χ2n) is 4.65. The molecule has 0 aliphatic carbocycles. The third kappa shape index (κ3) is 3.48. The highest BCUT2D eigenvalue weighted by Gasteiger charge is 2.33. The first-order valence-corrected chi connectivity index (χ1v) is 7.15. The Morgan fingerprint density at radius 3 is 2.68 bits per heavy atom. The summed E-state index contributed by atoms with van der Waals surface area (Å²) in [7, 11) is 0. The van der Waals surface area contributed by atoms with Crippen LogP contribution in [0.15, 0.2) is 18.2 Å². The van der Waals surface area contributed by atoms with Gasteiger partial charge in [0.2, 0.25) is 0 Å². The second-order valence-corrected chi connectivity index (χ2v) is 5.47. The van der Waals surface area contributed by atoms with E-state index in [9.17, 15) is 4.79 Å². The lowest BCUT2D eigenvalue weighted by atomic mass is 9.93. The third-order valence-corrected chi connectivity index (χ3v) is 4.08. The van der Waals surface area contributed by atoms with Gasteiger partial charge in [-0.2, -0.15) is 0 Å². The minimum Gasteiger partial charge on any atom is -0.379 e. The molecule has 19 heavy (non-hydrogen) atoms. The van der Waals surface area contributed by atoms with Crippen LogP contribution in [-0.4, -0.2) is 31.6 Å². The van der Waals surface area contributed by atoms with E-state index in [4.69, 9.17) is 27.9 Å². The largest absolute Gasteiger partial charge is 0.379 e. The van der Waals surface area contributed by atoms with Gasteiger partial charge in [0.05, 0.1) is 19.1 Å². The molecule has 2 unspecified atom stereocenters. The Kier molecular flexibility index (Phi) is 5.22. The molecule has 5 heteroatoms. The Hall–Kier alpha value is -0.610. The number of ether oxygens (including phenoxy) is 1. The van der Waals surface area contributed by atoms with E-state index in [1.807, 2.05) is 6.92 Å². The van der Waals surface area contributed by atoms with Crippen LogP contribution in [0.4, 0.5) is 0 Å². The highest BCUT2D eigenvalue weighted by Crippen LogP contribution is 2.27. The molecule has 1 heterocycles. The Morgan fingerprint density at radius 1 is 1.37 bits per heavy atom. The maximum absolute atomic E-state index is 12.4. The summed E-state index contributed by atoms with van der Waals surface area (Å²) in [5.41, 5.74) is 0.706. The molecular formula is C14H17Cl2NO2. The average molecular weight is 302 g/mol. The van der Waals surface area contributed by atoms with E-state index >= 15 is 0 Å². The first-order chi connectivity index (χ1) is 9.13. The van der Waals surface area contributed by atoms with Crippen molar-refractivity contribution in [2.45, 2.75) is 19.4 Å². The zero-order valence-corrected chi connectivity index (χ0v) is 12.3. The summed E-state index contributed by atoms with van der Waals surface area (Å²) in [5.74, 6) is 0.00531. The van der Waals surface area contributed by atoms with E-state index in [-0.39, 0.29) is 24.2 Å². The third-order valence-electron chi connectivity index (χ3n) is 3.37. The van der Waals surface area contributed by atoms with Gasteiger partial charge >= 0.3 is 0 Å². The molecule has 0 saturated carbocycles. The predicted molar refractivity (Wildman–Crippen MR) is 76.9 cm³/mol. The lowest BCUT2D eigenvalue weighted by Crippen LogP contribution is -2.39. The monoisotopic (exact) mass is 301 g/mol. The van der Waals surface area contributed by atoms with E-state index in [1.54, 1.807) is 18.2 Å². The number of carbonyl (C=O) groups excluding carboxylic acids is 1. The lowest BCUT2D eigenvalue weighted by molar-refractivity contribution is -0.122. The summed E-state index contributed by atoms with van der Waals surface area (Å²) in [4.78, 5) is 12.4. The predicted octanol–water partition coefficient (Wildman–Crippen LogP) is 2.73. The zero-order chi connectivity index (χ0) is 13.8. The topological polar surface area (TPSA) is 38.3 Å². The van der Waals surface area contributed by atoms with Crippen molar-refractivity contribution in [3.63, 3.8) is 0 Å². The Labute approximate surface area is 123 Å². The molecule has 1 aliphatic rings. The molecule has 1 fully saturated rings. The van der Waals surface area contributed by atoms with Gasteiger partial charge in [-0.25, -0.2) is 0 Å². The Morgan fingerprint density at radius 2 is 2.05 bits per heavy atom. The van der Waals surface area contributed by atoms with Crippen molar-refractivity contribution in [3.05, 3.63) is 33.8 Å². The zero-order valence-electron chi connectivity index (χ0n) is 10.8. The van der Waals surface area contributed by atoms with Crippen LogP contribution in [0.2, 0.25) is 10.0 Å². The van der Waals surface area contributed by atoms with Crippen LogP contribution in [0.5, 0.6) is 0 Å². The molecular weight excluding hydrogens is 285 g/mol. The number of rotatable bonds is 5. The average Bonchev–Trinajstić information content (AvgIpc) is 2.83. The lowest BCUT2D eigenvalue weighted by Gasteiger charge is -2.17. The molecule has 0 radical (unpaired) electrons. The van der Waals surface area contributed by atoms with Gasteiger partial charge in [-0.3, -0.25) is 4.79 Å². The fraction of sp³-hybridized carbons (Fsp3) is 0.500. The van der Waals surface area contributed by atoms with Crippen LogP contribution >= 0.6 is 23.2 Å². The number of hydrogen-bond donors (Lipinski definition) is 1. The van der Waals surface area contributed by atoms with Crippen molar-refractivity contribution in [2.75, 3.05) is 19.8 Å². The van der Waals surface area contributed by atoms with Crippen LogP contribution in [0.1, 0.15) is 12.5 Å². The molecule has 1 saturated heterocycles. The molecule has 2 rings (SSSR count). The van der Waals surface area contributed by atoms with Crippen LogP contribution in [0, 0.1) is 5.92 Å². The summed E-state index contributed by atoms with van der Waals surface area (Å²) in [6.07, 6.45) is 0.258. The summed E-state index contributed by atoms with van der Waals surface area (Å²) in [6, 6.07) is 5.38. The summed E-state index contributed by atoms with van der Waals surface area (Å²) < 4.78 is 5.39. The number of hydrogen-bond acceptors (Lipinski definition) is 3. The van der Waals surface area contributed by atoms with E-state index < -0.39 is 0 Å². The van der Waals surface area contributed by atoms with Crippen LogP contribution < -0.4 is 5.32 Å². The van der Waals surface area contributed by atoms with Gasteiger partial charge in [0, 0.05) is 22.5 Å². The molecule has 104 valence electrons. The number of ketones is 1. The fourth-order valence-electron chi connectivity index (χ4n) is 2.34. The minimum absolute atomic E-state index is 0.0961. The van der Waals surface area contributed by atoms with Crippen LogP contribution in [0.25, 0.3) is 0 Å². The molecule has 0 amide bonds. The SMILES string of the molecule is CCNC1COCC1C(=O)Cc1c(Cl)cccc1Cl. The van der Waals surface area contributed by atoms with Crippen molar-refractivity contribution >= 4 is 29.0 Å². The molecule has 1 aromatic carbocycles. The maximum atomic E-state index is 12.4. The van der Waals surface area contributed by atoms with Crippen LogP contribution in [-0.2, 0) is 16.0 Å². The van der Waals surface area contributed by atoms with Gasteiger partial charge in [-0.1, -0.05) is 36.2 Å². The standard InChI is InChI=1S/C14H17Cl2NO2/c1-2-17-13-8-19-7-10(13)14(18)6-9-11(15)4-3-5-12(9)16/h3-5,10,13,17H,2,6-8H2,1H3. The quantitative estimate of drug-likeness (QED) is 0.909. The summed E-state index contributed by atoms with van der Waals surface area (Å²) in [6.45, 7) is 3.90. The minimum atomic E-state index is -0.118. The van der Waals surface area contributed by atoms with E-state index in [2.05, 4.69) is 5.32 Å². The van der Waals surface area contributed by atoms with E-state index in [0.29, 0.717) is 28.8 Å². The number of Topliss-reactive ketones (excluding diaryl/α,β-unsaturated/α-hetero) is 1. The Balaban J connectivity index is 2.08. The first-order valence-electron chi connectivity index (χ1n) is 6.40. The highest BCUT2D eigenvalue weighted by molar-refractivity contribution is 6.36. The van der Waals surface area contributed by atoms with E-state index in [0.717, 1.165) is 6.54 Å². The van der Waals surface area contributed by atoms with Gasteiger partial charge < -0.3 is 10.1 Å². The first kappa shape index (κ1) is 14.8. The number of benzene rings is 1. The van der Waals surface area contributed by atoms with Crippen molar-refractivity contribution in [3.8, 4) is 0 Å². The van der Waals surface area contributed by atoms with Gasteiger partial charge in [0.15, 0.2) is 0 Å². The summed E-state index contributed by atoms with van der Waals surface area (Å²) in [5, 5.41) is 4.36. The summed E-state index contributed by atoms with van der Waals surface area (Å²) >= 11 is 12.2. The van der Waals surface area contributed by atoms with Gasteiger partial charge in [-0.15, -0.1) is 0 Å². The van der Waals surface area contributed by atoms with Gasteiger partial charge in [-0.05, 0) is 24.2 Å². The van der Waals surface area contributed by atoms with Crippen molar-refractivity contribution in [1.29, 1.82) is 0 Å². The van der Waals surface area contributed by atoms with Gasteiger partial charge in [0.1, 0.15) is 5.78 Å². The molecule has 1 aromatic rings. The highest BCUT2D eigenvalue weighted by atomic mass is 35.5. The van der Waals surface area contributed by atoms with Gasteiger partial charge in [0.25, 0.3) is 0 Å². The molecule has 0 bridgehead atoms. The molecule has 0 spiro atoms. The Bertz CT molecular complexity index is 445. The number of likely N-dealkylation sites (N-methyl/N-ethyl adjacent to an activating group) is 1. The van der Waals surface area contributed by atoms with Crippen LogP contribution in [0.3, 0.4) is 0 Å². The van der Waals surface area contributed by atoms with Crippen molar-refractivity contribution < 1.29 is 9.53 Å². The van der Waals surface area contributed by atoms with Crippen molar-refractivity contribution in [2.24, 2.45) is 5.92 Å². The fourth-order valence-corrected chi connectivity index (χ4v) is 2.87.